The minimum absolute atomic E-state index is 0.00482. The fourth-order valence-electron chi connectivity index (χ4n) is 2.39. The van der Waals surface area contributed by atoms with Crippen LogP contribution in [0, 0.1) is 0 Å². The Morgan fingerprint density at radius 1 is 1.52 bits per heavy atom. The van der Waals surface area contributed by atoms with Gasteiger partial charge in [-0.1, -0.05) is 0 Å². The van der Waals surface area contributed by atoms with Gasteiger partial charge < -0.3 is 25.4 Å². The number of nitrogen functional groups attached to an aromatic ring is 1. The number of nitrogens with one attached hydrogen (secondary N) is 1. The van der Waals surface area contributed by atoms with Gasteiger partial charge in [0.2, 0.25) is 11.8 Å². The van der Waals surface area contributed by atoms with Crippen LogP contribution in [0.15, 0.2) is 12.1 Å². The first-order valence-corrected chi connectivity index (χ1v) is 7.14. The zero-order chi connectivity index (χ0) is 14.8. The van der Waals surface area contributed by atoms with Crippen LogP contribution in [0.5, 0.6) is 5.88 Å². The Morgan fingerprint density at radius 2 is 2.33 bits per heavy atom. The van der Waals surface area contributed by atoms with Crippen molar-refractivity contribution in [3.8, 4) is 5.88 Å². The number of amides is 1. The zero-order valence-corrected chi connectivity index (χ0v) is 12.0. The van der Waals surface area contributed by atoms with Crippen molar-refractivity contribution in [2.45, 2.75) is 24.9 Å². The summed E-state index contributed by atoms with van der Waals surface area (Å²) >= 11 is 0. The number of carbonyl (C=O) groups is 1. The van der Waals surface area contributed by atoms with Crippen LogP contribution < -0.4 is 20.7 Å². The molecule has 1 aromatic rings. The van der Waals surface area contributed by atoms with Crippen LogP contribution in [0.25, 0.3) is 0 Å². The van der Waals surface area contributed by atoms with Crippen LogP contribution in [-0.2, 0) is 9.53 Å². The number of morpholine rings is 1. The molecule has 7 nitrogen and oxygen atoms in total. The summed E-state index contributed by atoms with van der Waals surface area (Å²) in [6.45, 7) is 1.55. The number of methoxy groups -OCH3 is 1. The maximum Gasteiger partial charge on any atom is 0.245 e. The molecule has 21 heavy (non-hydrogen) atoms. The summed E-state index contributed by atoms with van der Waals surface area (Å²) < 4.78 is 10.6. The Labute approximate surface area is 123 Å². The number of hydrogen-bond donors (Lipinski definition) is 2. The van der Waals surface area contributed by atoms with E-state index >= 15 is 0 Å². The third-order valence-corrected chi connectivity index (χ3v) is 3.72. The Morgan fingerprint density at radius 3 is 3.05 bits per heavy atom. The van der Waals surface area contributed by atoms with Crippen molar-refractivity contribution in [3.63, 3.8) is 0 Å². The molecule has 0 radical (unpaired) electrons. The van der Waals surface area contributed by atoms with Crippen molar-refractivity contribution in [2.75, 3.05) is 37.5 Å². The van der Waals surface area contributed by atoms with Crippen LogP contribution in [0.4, 0.5) is 11.5 Å². The molecule has 2 aliphatic rings. The first-order valence-electron chi connectivity index (χ1n) is 7.14. The highest BCUT2D eigenvalue weighted by molar-refractivity contribution is 5.86. The summed E-state index contributed by atoms with van der Waals surface area (Å²) in [5, 5.41) is 3.02. The van der Waals surface area contributed by atoms with Gasteiger partial charge in [-0.05, 0) is 25.0 Å². The summed E-state index contributed by atoms with van der Waals surface area (Å²) in [6.07, 6.45) is 2.13. The van der Waals surface area contributed by atoms with Gasteiger partial charge in [-0.2, -0.15) is 4.98 Å². The number of anilines is 2. The molecule has 7 heteroatoms. The van der Waals surface area contributed by atoms with Crippen molar-refractivity contribution in [3.05, 3.63) is 12.1 Å². The lowest BCUT2D eigenvalue weighted by atomic mass is 10.2. The lowest BCUT2D eigenvalue weighted by Crippen LogP contribution is -2.54. The number of carbonyl (C=O) groups excluding carboxylic acids is 1. The van der Waals surface area contributed by atoms with Gasteiger partial charge in [0.1, 0.15) is 11.9 Å². The standard InChI is InChI=1S/C14H20N4O3/c1-20-14-10(15)4-5-12(17-14)18-6-7-21-8-11(18)13(19)16-9-2-3-9/h4-5,9,11H,2-3,6-8,15H2,1H3,(H,16,19). The Kier molecular flexibility index (Phi) is 3.83. The molecular formula is C14H20N4O3. The second kappa shape index (κ2) is 5.77. The van der Waals surface area contributed by atoms with Crippen LogP contribution >= 0.6 is 0 Å². The number of ether oxygens (including phenoxy) is 2. The fourth-order valence-corrected chi connectivity index (χ4v) is 2.39. The molecule has 3 rings (SSSR count). The van der Waals surface area contributed by atoms with Crippen molar-refractivity contribution in [2.24, 2.45) is 0 Å². The highest BCUT2D eigenvalue weighted by Crippen LogP contribution is 2.26. The maximum atomic E-state index is 12.3. The molecular weight excluding hydrogens is 272 g/mol. The molecule has 1 aromatic heterocycles. The van der Waals surface area contributed by atoms with Gasteiger partial charge in [0, 0.05) is 12.6 Å². The molecule has 1 saturated carbocycles. The molecule has 1 amide bonds. The van der Waals surface area contributed by atoms with Gasteiger partial charge in [-0.15, -0.1) is 0 Å². The molecule has 1 aliphatic carbocycles. The van der Waals surface area contributed by atoms with E-state index in [1.165, 1.54) is 7.11 Å². The topological polar surface area (TPSA) is 89.7 Å². The second-order valence-corrected chi connectivity index (χ2v) is 5.33. The Balaban J connectivity index is 1.81. The zero-order valence-electron chi connectivity index (χ0n) is 12.0. The number of pyridine rings is 1. The molecule has 2 fully saturated rings. The van der Waals surface area contributed by atoms with Crippen molar-refractivity contribution in [1.82, 2.24) is 10.3 Å². The summed E-state index contributed by atoms with van der Waals surface area (Å²) in [7, 11) is 1.53. The third-order valence-electron chi connectivity index (χ3n) is 3.72. The molecule has 2 heterocycles. The largest absolute Gasteiger partial charge is 0.479 e. The number of hydrogen-bond acceptors (Lipinski definition) is 6. The predicted molar refractivity (Wildman–Crippen MR) is 78.3 cm³/mol. The number of rotatable bonds is 4. The monoisotopic (exact) mass is 292 g/mol. The van der Waals surface area contributed by atoms with Gasteiger partial charge >= 0.3 is 0 Å². The van der Waals surface area contributed by atoms with Gasteiger partial charge in [0.15, 0.2) is 0 Å². The van der Waals surface area contributed by atoms with E-state index in [0.717, 1.165) is 12.8 Å². The van der Waals surface area contributed by atoms with E-state index < -0.39 is 0 Å². The third kappa shape index (κ3) is 3.02. The van der Waals surface area contributed by atoms with Crippen LogP contribution in [-0.4, -0.2) is 49.8 Å². The quantitative estimate of drug-likeness (QED) is 0.821. The first-order chi connectivity index (χ1) is 10.2. The SMILES string of the molecule is COc1nc(N2CCOCC2C(=O)NC2CC2)ccc1N. The Bertz CT molecular complexity index is 533. The maximum absolute atomic E-state index is 12.3. The summed E-state index contributed by atoms with van der Waals surface area (Å²) in [5.74, 6) is 1.05. The molecule has 0 aromatic carbocycles. The smallest absolute Gasteiger partial charge is 0.245 e. The minimum atomic E-state index is -0.361. The average molecular weight is 292 g/mol. The summed E-state index contributed by atoms with van der Waals surface area (Å²) in [4.78, 5) is 18.7. The molecule has 1 aliphatic heterocycles. The van der Waals surface area contributed by atoms with E-state index in [9.17, 15) is 4.79 Å². The van der Waals surface area contributed by atoms with E-state index in [-0.39, 0.29) is 11.9 Å². The lowest BCUT2D eigenvalue weighted by Gasteiger charge is -2.35. The number of nitrogens with two attached hydrogens (primary N) is 1. The van der Waals surface area contributed by atoms with Crippen molar-refractivity contribution < 1.29 is 14.3 Å². The van der Waals surface area contributed by atoms with Gasteiger partial charge in [-0.25, -0.2) is 0 Å². The van der Waals surface area contributed by atoms with Crippen LogP contribution in [0.3, 0.4) is 0 Å². The highest BCUT2D eigenvalue weighted by Gasteiger charge is 2.34. The van der Waals surface area contributed by atoms with Crippen LogP contribution in [0.1, 0.15) is 12.8 Å². The highest BCUT2D eigenvalue weighted by atomic mass is 16.5. The molecule has 3 N–H and O–H groups in total. The van der Waals surface area contributed by atoms with Gasteiger partial charge in [0.05, 0.1) is 26.0 Å². The predicted octanol–water partition coefficient (Wildman–Crippen LogP) is 0.156. The summed E-state index contributed by atoms with van der Waals surface area (Å²) in [6, 6.07) is 3.52. The number of nitrogens with zero attached hydrogens (tertiary/aromatic N) is 2. The molecule has 114 valence electrons. The Hall–Kier alpha value is -2.02. The van der Waals surface area contributed by atoms with Crippen molar-refractivity contribution >= 4 is 17.4 Å². The average Bonchev–Trinajstić information content (AvgIpc) is 3.32. The van der Waals surface area contributed by atoms with E-state index in [1.807, 2.05) is 4.90 Å². The van der Waals surface area contributed by atoms with E-state index in [4.69, 9.17) is 15.2 Å². The van der Waals surface area contributed by atoms with Crippen LogP contribution in [0.2, 0.25) is 0 Å². The minimum Gasteiger partial charge on any atom is -0.479 e. The van der Waals surface area contributed by atoms with E-state index in [2.05, 4.69) is 10.3 Å². The normalized spacial score (nSPS) is 22.0. The molecule has 0 spiro atoms. The lowest BCUT2D eigenvalue weighted by molar-refractivity contribution is -0.124. The second-order valence-electron chi connectivity index (χ2n) is 5.33. The molecule has 1 unspecified atom stereocenters. The van der Waals surface area contributed by atoms with E-state index in [1.54, 1.807) is 12.1 Å². The molecule has 1 atom stereocenters. The van der Waals surface area contributed by atoms with Gasteiger partial charge in [0.25, 0.3) is 0 Å². The van der Waals surface area contributed by atoms with E-state index in [0.29, 0.717) is 43.2 Å². The van der Waals surface area contributed by atoms with Gasteiger partial charge in [-0.3, -0.25) is 4.79 Å². The molecule has 1 saturated heterocycles. The summed E-state index contributed by atoms with van der Waals surface area (Å²) in [5.41, 5.74) is 6.27. The molecule has 0 bridgehead atoms. The fraction of sp³-hybridized carbons (Fsp3) is 0.571. The number of aromatic nitrogens is 1. The van der Waals surface area contributed by atoms with Crippen molar-refractivity contribution in [1.29, 1.82) is 0 Å². The first kappa shape index (κ1) is 13.9.